The highest BCUT2D eigenvalue weighted by Gasteiger charge is 2.52. The summed E-state index contributed by atoms with van der Waals surface area (Å²) in [5.41, 5.74) is -0.202. The molecule has 4 nitrogen and oxygen atoms in total. The van der Waals surface area contributed by atoms with Crippen molar-refractivity contribution in [2.24, 2.45) is 0 Å². The van der Waals surface area contributed by atoms with E-state index in [0.717, 1.165) is 4.47 Å². The van der Waals surface area contributed by atoms with Crippen LogP contribution in [0.25, 0.3) is 0 Å². The van der Waals surface area contributed by atoms with Gasteiger partial charge in [0.05, 0.1) is 7.11 Å². The molecule has 100 valence electrons. The molecular formula is C14H13BrO4. The largest absolute Gasteiger partial charge is 0.468 e. The summed E-state index contributed by atoms with van der Waals surface area (Å²) < 4.78 is 10.7. The zero-order chi connectivity index (χ0) is 14.0. The van der Waals surface area contributed by atoms with Gasteiger partial charge in [0, 0.05) is 10.9 Å². The lowest BCUT2D eigenvalue weighted by molar-refractivity contribution is -0.165. The molecule has 1 heterocycles. The van der Waals surface area contributed by atoms with Crippen molar-refractivity contribution in [3.05, 3.63) is 46.5 Å². The third kappa shape index (κ3) is 2.30. The van der Waals surface area contributed by atoms with Crippen LogP contribution in [-0.2, 0) is 24.5 Å². The van der Waals surface area contributed by atoms with Crippen LogP contribution >= 0.6 is 15.9 Å². The minimum Gasteiger partial charge on any atom is -0.468 e. The molecule has 1 aromatic rings. The van der Waals surface area contributed by atoms with Crippen LogP contribution in [0.5, 0.6) is 0 Å². The molecule has 0 saturated carbocycles. The zero-order valence-electron chi connectivity index (χ0n) is 10.4. The lowest BCUT2D eigenvalue weighted by atomic mass is 9.74. The van der Waals surface area contributed by atoms with Gasteiger partial charge >= 0.3 is 11.9 Å². The van der Waals surface area contributed by atoms with Crippen molar-refractivity contribution in [2.45, 2.75) is 11.8 Å². The van der Waals surface area contributed by atoms with Crippen LogP contribution in [0.15, 0.2) is 40.9 Å². The van der Waals surface area contributed by atoms with Crippen molar-refractivity contribution in [2.75, 3.05) is 13.7 Å². The van der Waals surface area contributed by atoms with Crippen LogP contribution in [0.2, 0.25) is 0 Å². The molecule has 5 heteroatoms. The van der Waals surface area contributed by atoms with E-state index in [-0.39, 0.29) is 13.0 Å². The second-order valence-corrected chi connectivity index (χ2v) is 5.32. The quantitative estimate of drug-likeness (QED) is 0.476. The zero-order valence-corrected chi connectivity index (χ0v) is 12.0. The lowest BCUT2D eigenvalue weighted by Crippen LogP contribution is -2.49. The highest BCUT2D eigenvalue weighted by molar-refractivity contribution is 9.10. The summed E-state index contributed by atoms with van der Waals surface area (Å²) in [6.45, 7) is 3.96. The van der Waals surface area contributed by atoms with Gasteiger partial charge in [-0.1, -0.05) is 34.6 Å². The third-order valence-electron chi connectivity index (χ3n) is 3.14. The third-order valence-corrected chi connectivity index (χ3v) is 3.67. The van der Waals surface area contributed by atoms with Crippen LogP contribution in [0.3, 0.4) is 0 Å². The lowest BCUT2D eigenvalue weighted by Gasteiger charge is -2.33. The number of rotatable bonds is 2. The van der Waals surface area contributed by atoms with Crippen molar-refractivity contribution < 1.29 is 19.1 Å². The van der Waals surface area contributed by atoms with Gasteiger partial charge in [0.1, 0.15) is 6.61 Å². The Bertz CT molecular complexity index is 525. The Morgan fingerprint density at radius 3 is 2.63 bits per heavy atom. The number of carbonyl (C=O) groups excluding carboxylic acids is 2. The maximum Gasteiger partial charge on any atom is 0.328 e. The molecule has 1 saturated heterocycles. The summed E-state index contributed by atoms with van der Waals surface area (Å²) in [6.07, 6.45) is 0.208. The Kier molecular flexibility index (Phi) is 3.75. The van der Waals surface area contributed by atoms with E-state index >= 15 is 0 Å². The molecule has 1 unspecified atom stereocenters. The van der Waals surface area contributed by atoms with Gasteiger partial charge in [-0.25, -0.2) is 0 Å². The topological polar surface area (TPSA) is 52.6 Å². The van der Waals surface area contributed by atoms with Crippen LogP contribution in [0.1, 0.15) is 12.0 Å². The van der Waals surface area contributed by atoms with Gasteiger partial charge in [0.2, 0.25) is 0 Å². The molecule has 1 atom stereocenters. The number of hydrogen-bond acceptors (Lipinski definition) is 4. The molecule has 0 aliphatic carbocycles. The molecule has 1 fully saturated rings. The summed E-state index contributed by atoms with van der Waals surface area (Å²) >= 11 is 3.32. The molecule has 1 aliphatic heterocycles. The van der Waals surface area contributed by atoms with E-state index in [0.29, 0.717) is 11.1 Å². The number of hydrogen-bond donors (Lipinski definition) is 0. The first-order chi connectivity index (χ1) is 9.00. The summed E-state index contributed by atoms with van der Waals surface area (Å²) in [4.78, 5) is 24.3. The van der Waals surface area contributed by atoms with E-state index in [9.17, 15) is 9.59 Å². The fourth-order valence-corrected chi connectivity index (χ4v) is 2.46. The number of benzene rings is 1. The fourth-order valence-electron chi connectivity index (χ4n) is 2.19. The predicted octanol–water partition coefficient (Wildman–Crippen LogP) is 2.36. The van der Waals surface area contributed by atoms with E-state index in [1.54, 1.807) is 24.3 Å². The van der Waals surface area contributed by atoms with Crippen molar-refractivity contribution >= 4 is 27.9 Å². The number of methoxy groups -OCH3 is 1. The first kappa shape index (κ1) is 13.8. The molecule has 1 aliphatic rings. The minimum atomic E-state index is -1.44. The number of esters is 2. The molecule has 0 radical (unpaired) electrons. The molecule has 1 aromatic carbocycles. The maximum absolute atomic E-state index is 12.2. The Hall–Kier alpha value is -1.62. The molecule has 0 aromatic heterocycles. The smallest absolute Gasteiger partial charge is 0.328 e. The second-order valence-electron chi connectivity index (χ2n) is 4.41. The molecule has 0 N–H and O–H groups in total. The Morgan fingerprint density at radius 2 is 2.05 bits per heavy atom. The van der Waals surface area contributed by atoms with Crippen LogP contribution in [-0.4, -0.2) is 25.7 Å². The first-order valence-corrected chi connectivity index (χ1v) is 6.48. The van der Waals surface area contributed by atoms with Gasteiger partial charge in [-0.2, -0.15) is 0 Å². The van der Waals surface area contributed by atoms with Crippen molar-refractivity contribution in [3.8, 4) is 0 Å². The monoisotopic (exact) mass is 324 g/mol. The summed E-state index contributed by atoms with van der Waals surface area (Å²) in [5, 5.41) is 0. The van der Waals surface area contributed by atoms with Gasteiger partial charge in [-0.05, 0) is 23.3 Å². The highest BCUT2D eigenvalue weighted by Crippen LogP contribution is 2.37. The first-order valence-electron chi connectivity index (χ1n) is 5.69. The van der Waals surface area contributed by atoms with E-state index in [1.165, 1.54) is 7.11 Å². The minimum absolute atomic E-state index is 0.147. The van der Waals surface area contributed by atoms with Crippen molar-refractivity contribution in [1.29, 1.82) is 0 Å². The van der Waals surface area contributed by atoms with E-state index in [1.807, 2.05) is 0 Å². The number of carbonyl (C=O) groups is 2. The molecular weight excluding hydrogens is 312 g/mol. The van der Waals surface area contributed by atoms with Gasteiger partial charge in [0.15, 0.2) is 5.41 Å². The summed E-state index contributed by atoms with van der Waals surface area (Å²) in [6, 6.07) is 6.96. The van der Waals surface area contributed by atoms with Gasteiger partial charge < -0.3 is 9.47 Å². The van der Waals surface area contributed by atoms with Gasteiger partial charge in [0.25, 0.3) is 0 Å². The van der Waals surface area contributed by atoms with Crippen LogP contribution in [0, 0.1) is 0 Å². The summed E-state index contributed by atoms with van der Waals surface area (Å²) in [7, 11) is 1.26. The molecule has 19 heavy (non-hydrogen) atoms. The normalized spacial score (nSPS) is 22.8. The molecule has 0 spiro atoms. The highest BCUT2D eigenvalue weighted by atomic mass is 79.9. The van der Waals surface area contributed by atoms with E-state index in [2.05, 4.69) is 22.5 Å². The number of halogens is 1. The van der Waals surface area contributed by atoms with Crippen molar-refractivity contribution in [3.63, 3.8) is 0 Å². The molecule has 0 amide bonds. The number of cyclic esters (lactones) is 1. The molecule has 2 rings (SSSR count). The predicted molar refractivity (Wildman–Crippen MR) is 72.6 cm³/mol. The van der Waals surface area contributed by atoms with Gasteiger partial charge in [-0.15, -0.1) is 0 Å². The average Bonchev–Trinajstić information content (AvgIpc) is 2.41. The molecule has 0 bridgehead atoms. The van der Waals surface area contributed by atoms with Crippen molar-refractivity contribution in [1.82, 2.24) is 0 Å². The Morgan fingerprint density at radius 1 is 1.42 bits per heavy atom. The number of ether oxygens (including phenoxy) is 2. The fraction of sp³-hybridized carbons (Fsp3) is 0.286. The second kappa shape index (κ2) is 5.17. The van der Waals surface area contributed by atoms with Crippen LogP contribution in [0.4, 0.5) is 0 Å². The average molecular weight is 325 g/mol. The van der Waals surface area contributed by atoms with E-state index < -0.39 is 17.4 Å². The summed E-state index contributed by atoms with van der Waals surface area (Å²) in [5.74, 6) is -1.21. The SMILES string of the molecule is C=C1COC(=O)C(C(=O)OC)(c2ccc(Br)cc2)C1. The van der Waals surface area contributed by atoms with E-state index in [4.69, 9.17) is 9.47 Å². The Balaban J connectivity index is 2.56. The standard InChI is InChI=1S/C14H13BrO4/c1-9-7-14(12(16)18-2,13(17)19-8-9)10-3-5-11(15)6-4-10/h3-6H,1,7-8H2,2H3. The van der Waals surface area contributed by atoms with Crippen LogP contribution < -0.4 is 0 Å². The maximum atomic E-state index is 12.2. The Labute approximate surface area is 119 Å². The van der Waals surface area contributed by atoms with Gasteiger partial charge in [-0.3, -0.25) is 9.59 Å².